The molecule has 13 heteroatoms. The Morgan fingerprint density at radius 2 is 1.08 bits per heavy atom. The van der Waals surface area contributed by atoms with E-state index in [1.165, 1.54) is 6.92 Å². The monoisotopic (exact) mass is 703 g/mol. The Bertz CT molecular complexity index is 1540. The minimum absolute atomic E-state index is 0.214. The molecular formula is C38H45N3O10. The summed E-state index contributed by atoms with van der Waals surface area (Å²) < 4.78 is 9.70. The van der Waals surface area contributed by atoms with Gasteiger partial charge in [0.25, 0.3) is 5.91 Å². The predicted octanol–water partition coefficient (Wildman–Crippen LogP) is 3.97. The van der Waals surface area contributed by atoms with E-state index in [1.54, 1.807) is 105 Å². The molecule has 4 N–H and O–H groups in total. The highest BCUT2D eigenvalue weighted by atomic mass is 16.6. The number of ketones is 1. The average molecular weight is 704 g/mol. The number of carboxylic acids is 1. The first-order chi connectivity index (χ1) is 24.3. The van der Waals surface area contributed by atoms with E-state index in [0.717, 1.165) is 6.42 Å². The number of Topliss-reactive ketones (excluding diaryl/α,β-unsaturated/α-hetero) is 1. The van der Waals surface area contributed by atoms with Gasteiger partial charge in [-0.2, -0.15) is 0 Å². The number of ether oxygens (including phenoxy) is 2. The third-order valence-corrected chi connectivity index (χ3v) is 7.23. The van der Waals surface area contributed by atoms with Gasteiger partial charge in [-0.1, -0.05) is 88.2 Å². The van der Waals surface area contributed by atoms with Crippen LogP contribution in [0.5, 0.6) is 0 Å². The fourth-order valence-electron chi connectivity index (χ4n) is 4.33. The number of esters is 2. The van der Waals surface area contributed by atoms with Crippen LogP contribution in [0.15, 0.2) is 91.0 Å². The Kier molecular flexibility index (Phi) is 17.8. The van der Waals surface area contributed by atoms with E-state index in [0.29, 0.717) is 29.5 Å². The molecule has 3 aromatic rings. The molecule has 0 aliphatic rings. The summed E-state index contributed by atoms with van der Waals surface area (Å²) >= 11 is 0. The van der Waals surface area contributed by atoms with Crippen molar-refractivity contribution in [2.24, 2.45) is 5.92 Å². The number of aliphatic carboxylic acids is 1. The lowest BCUT2D eigenvalue weighted by atomic mass is 10.0. The molecule has 0 fully saturated rings. The molecule has 0 aliphatic heterocycles. The molecule has 0 radical (unpaired) electrons. The maximum Gasteiger partial charge on any atom is 0.338 e. The van der Waals surface area contributed by atoms with Gasteiger partial charge >= 0.3 is 17.9 Å². The van der Waals surface area contributed by atoms with Crippen LogP contribution in [-0.4, -0.2) is 77.9 Å². The van der Waals surface area contributed by atoms with Gasteiger partial charge in [-0.05, 0) is 55.7 Å². The first-order valence-electron chi connectivity index (χ1n) is 16.5. The van der Waals surface area contributed by atoms with Crippen molar-refractivity contribution in [1.82, 2.24) is 16.0 Å². The van der Waals surface area contributed by atoms with Gasteiger partial charge in [0, 0.05) is 5.56 Å². The van der Waals surface area contributed by atoms with Crippen molar-refractivity contribution < 1.29 is 48.1 Å². The summed E-state index contributed by atoms with van der Waals surface area (Å²) in [5.41, 5.74) is 1.14. The van der Waals surface area contributed by atoms with E-state index in [1.807, 2.05) is 6.92 Å². The molecule has 0 saturated heterocycles. The van der Waals surface area contributed by atoms with Crippen LogP contribution in [0.4, 0.5) is 0 Å². The Morgan fingerprint density at radius 3 is 1.49 bits per heavy atom. The number of benzene rings is 3. The van der Waals surface area contributed by atoms with Crippen LogP contribution in [0.2, 0.25) is 0 Å². The van der Waals surface area contributed by atoms with Crippen LogP contribution < -0.4 is 16.0 Å². The lowest BCUT2D eigenvalue weighted by Gasteiger charge is -2.24. The molecule has 0 aromatic heterocycles. The summed E-state index contributed by atoms with van der Waals surface area (Å²) in [6.45, 7) is 6.10. The number of carbonyl (C=O) groups excluding carboxylic acids is 6. The van der Waals surface area contributed by atoms with E-state index in [4.69, 9.17) is 9.47 Å². The molecule has 3 atom stereocenters. The topological polar surface area (TPSA) is 194 Å². The molecule has 0 spiro atoms. The normalized spacial score (nSPS) is 12.1. The van der Waals surface area contributed by atoms with Crippen molar-refractivity contribution >= 4 is 41.4 Å². The molecule has 0 unspecified atom stereocenters. The number of rotatable bonds is 17. The van der Waals surface area contributed by atoms with Gasteiger partial charge in [0.15, 0.2) is 13.2 Å². The minimum Gasteiger partial charge on any atom is -0.480 e. The summed E-state index contributed by atoms with van der Waals surface area (Å²) in [4.78, 5) is 83.4. The van der Waals surface area contributed by atoms with Crippen molar-refractivity contribution in [3.8, 4) is 0 Å². The molecule has 3 amide bonds. The molecule has 0 heterocycles. The highest BCUT2D eigenvalue weighted by Gasteiger charge is 2.29. The van der Waals surface area contributed by atoms with E-state index in [2.05, 4.69) is 16.0 Å². The second-order valence-electron chi connectivity index (χ2n) is 11.8. The zero-order valence-electron chi connectivity index (χ0n) is 29.1. The smallest absolute Gasteiger partial charge is 0.338 e. The lowest BCUT2D eigenvalue weighted by Crippen LogP contribution is -2.56. The molecule has 0 bridgehead atoms. The number of carboxylic acid groups (broad SMARTS) is 1. The van der Waals surface area contributed by atoms with Crippen LogP contribution >= 0.6 is 0 Å². The largest absolute Gasteiger partial charge is 0.480 e. The third kappa shape index (κ3) is 15.1. The van der Waals surface area contributed by atoms with Crippen LogP contribution in [0.1, 0.15) is 78.0 Å². The van der Waals surface area contributed by atoms with Gasteiger partial charge in [-0.15, -0.1) is 0 Å². The van der Waals surface area contributed by atoms with Crippen LogP contribution in [0.3, 0.4) is 0 Å². The van der Waals surface area contributed by atoms with E-state index < -0.39 is 66.8 Å². The Morgan fingerprint density at radius 1 is 0.627 bits per heavy atom. The van der Waals surface area contributed by atoms with Gasteiger partial charge in [-0.3, -0.25) is 19.2 Å². The zero-order chi connectivity index (χ0) is 37.8. The van der Waals surface area contributed by atoms with Gasteiger partial charge < -0.3 is 30.5 Å². The van der Waals surface area contributed by atoms with Gasteiger partial charge in [0.2, 0.25) is 17.6 Å². The highest BCUT2D eigenvalue weighted by molar-refractivity contribution is 5.98. The number of carbonyl (C=O) groups is 7. The van der Waals surface area contributed by atoms with Crippen molar-refractivity contribution in [2.75, 3.05) is 13.2 Å². The van der Waals surface area contributed by atoms with Crippen LogP contribution in [0, 0.1) is 5.92 Å². The van der Waals surface area contributed by atoms with Crippen LogP contribution in [0.25, 0.3) is 0 Å². The Balaban J connectivity index is 0.000000366. The molecule has 13 nitrogen and oxygen atoms in total. The quantitative estimate of drug-likeness (QED) is 0.150. The second kappa shape index (κ2) is 22.0. The molecule has 3 aromatic carbocycles. The van der Waals surface area contributed by atoms with E-state index >= 15 is 0 Å². The summed E-state index contributed by atoms with van der Waals surface area (Å²) in [7, 11) is 0. The summed E-state index contributed by atoms with van der Waals surface area (Å²) in [6, 6.07) is 22.4. The van der Waals surface area contributed by atoms with E-state index in [-0.39, 0.29) is 11.8 Å². The second-order valence-corrected chi connectivity index (χ2v) is 11.8. The number of nitrogens with one attached hydrogen (secondary N) is 3. The first kappa shape index (κ1) is 41.3. The maximum atomic E-state index is 12.6. The number of hydrogen-bond donors (Lipinski definition) is 4. The number of hydrogen-bond acceptors (Lipinski definition) is 9. The molecule has 3 rings (SSSR count). The molecule has 0 aliphatic carbocycles. The van der Waals surface area contributed by atoms with Gasteiger partial charge in [0.1, 0.15) is 18.1 Å². The third-order valence-electron chi connectivity index (χ3n) is 7.23. The Hall–Kier alpha value is -5.85. The molecular weight excluding hydrogens is 658 g/mol. The standard InChI is InChI=1S/C21H31N3O5.C17H14O5/c1-5-6-12-16(21(28)29)23-18(25)14(4)22-20(27)17(13(2)3)24-19(26)15-10-8-7-9-11-15;18-15(11-21-16(19)13-7-3-1-4-8-13)12-22-17(20)14-9-5-2-6-10-14/h7-11,13-14,16-17H,5-6,12H2,1-4H3,(H,22,27)(H,23,25)(H,24,26)(H,28,29);1-10H,11-12H2/t14-,16-,17-;/m0./s1. The summed E-state index contributed by atoms with van der Waals surface area (Å²) in [5, 5.41) is 16.9. The van der Waals surface area contributed by atoms with Gasteiger partial charge in [0.05, 0.1) is 11.1 Å². The average Bonchev–Trinajstić information content (AvgIpc) is 3.14. The fourth-order valence-corrected chi connectivity index (χ4v) is 4.33. The maximum absolute atomic E-state index is 12.6. The summed E-state index contributed by atoms with van der Waals surface area (Å²) in [5.74, 6) is -4.48. The molecule has 0 saturated carbocycles. The predicted molar refractivity (Wildman–Crippen MR) is 188 cm³/mol. The number of amides is 3. The van der Waals surface area contributed by atoms with Crippen molar-refractivity contribution in [1.29, 1.82) is 0 Å². The van der Waals surface area contributed by atoms with Crippen molar-refractivity contribution in [3.05, 3.63) is 108 Å². The van der Waals surface area contributed by atoms with Crippen molar-refractivity contribution in [2.45, 2.75) is 65.1 Å². The zero-order valence-corrected chi connectivity index (χ0v) is 29.1. The highest BCUT2D eigenvalue weighted by Crippen LogP contribution is 2.07. The van der Waals surface area contributed by atoms with E-state index in [9.17, 15) is 38.7 Å². The SMILES string of the molecule is CCCC[C@H](NC(=O)[C@H](C)NC(=O)[C@@H](NC(=O)c1ccccc1)C(C)C)C(=O)O.O=C(COC(=O)c1ccccc1)COC(=O)c1ccccc1. The summed E-state index contributed by atoms with van der Waals surface area (Å²) in [6.07, 6.45) is 1.79. The number of unbranched alkanes of at least 4 members (excludes halogenated alkanes) is 1. The first-order valence-corrected chi connectivity index (χ1v) is 16.5. The van der Waals surface area contributed by atoms with Crippen LogP contribution in [-0.2, 0) is 28.7 Å². The lowest BCUT2D eigenvalue weighted by molar-refractivity contribution is -0.142. The van der Waals surface area contributed by atoms with Gasteiger partial charge in [-0.25, -0.2) is 14.4 Å². The minimum atomic E-state index is -1.11. The fraction of sp³-hybridized carbons (Fsp3) is 0.342. The molecule has 51 heavy (non-hydrogen) atoms. The molecule has 272 valence electrons. The Labute approximate surface area is 297 Å². The van der Waals surface area contributed by atoms with Crippen molar-refractivity contribution in [3.63, 3.8) is 0 Å².